The highest BCUT2D eigenvalue weighted by Gasteiger charge is 2.34. The Hall–Kier alpha value is -5.45. The molecule has 10 heteroatoms. The number of carbonyl (C=O) groups is 3. The van der Waals surface area contributed by atoms with Crippen molar-refractivity contribution < 1.29 is 19.5 Å². The lowest BCUT2D eigenvalue weighted by Gasteiger charge is -2.39. The van der Waals surface area contributed by atoms with Crippen molar-refractivity contribution in [1.82, 2.24) is 19.6 Å². The summed E-state index contributed by atoms with van der Waals surface area (Å²) in [7, 11) is 1.97. The zero-order valence-corrected chi connectivity index (χ0v) is 34.7. The van der Waals surface area contributed by atoms with Crippen LogP contribution >= 0.6 is 0 Å². The van der Waals surface area contributed by atoms with Crippen LogP contribution in [-0.2, 0) is 33.9 Å². The summed E-state index contributed by atoms with van der Waals surface area (Å²) < 4.78 is 0. The molecule has 2 heterocycles. The van der Waals surface area contributed by atoms with Crippen LogP contribution in [0.15, 0.2) is 109 Å². The molecule has 306 valence electrons. The molecule has 0 aliphatic carbocycles. The maximum Gasteiger partial charge on any atom is 0.247 e. The Kier molecular flexibility index (Phi) is 14.8. The smallest absolute Gasteiger partial charge is 0.247 e. The normalized spacial score (nSPS) is 15.5. The first-order chi connectivity index (χ1) is 28.1. The topological polar surface area (TPSA) is 90.9 Å². The van der Waals surface area contributed by atoms with Gasteiger partial charge < -0.3 is 29.6 Å². The van der Waals surface area contributed by atoms with Crippen molar-refractivity contribution in [3.05, 3.63) is 137 Å². The Labute approximate surface area is 344 Å². The monoisotopic (exact) mass is 784 g/mol. The van der Waals surface area contributed by atoms with Crippen LogP contribution in [0.5, 0.6) is 0 Å². The van der Waals surface area contributed by atoms with Gasteiger partial charge in [-0.1, -0.05) is 92.7 Å². The van der Waals surface area contributed by atoms with E-state index >= 15 is 0 Å². The van der Waals surface area contributed by atoms with Gasteiger partial charge in [-0.25, -0.2) is 0 Å². The third-order valence-corrected chi connectivity index (χ3v) is 11.5. The number of benzene rings is 4. The standard InChI is InChI=1S/C48H60N6O4/c1-37(2)43-17-10-39(11-18-43)16-23-47(57)54(36-42-14-21-45(22-15-42)52-30-28-51(29-31-52)38(3)56)46(34-40-8-6-5-7-9-40)48(58)53-26-24-50(25-27-53)35-41-12-19-44(20-13-41)49(4)32-33-55/h5-23,37,46,55H,24-36H2,1-4H3. The quantitative estimate of drug-likeness (QED) is 0.150. The van der Waals surface area contributed by atoms with Gasteiger partial charge in [-0.2, -0.15) is 0 Å². The molecular formula is C48H60N6O4. The first kappa shape index (κ1) is 42.2. The summed E-state index contributed by atoms with van der Waals surface area (Å²) >= 11 is 0. The van der Waals surface area contributed by atoms with Crippen molar-refractivity contribution in [2.24, 2.45) is 0 Å². The highest BCUT2D eigenvalue weighted by Crippen LogP contribution is 2.23. The molecule has 2 aliphatic heterocycles. The molecule has 0 radical (unpaired) electrons. The number of aliphatic hydroxyl groups is 1. The number of hydrogen-bond acceptors (Lipinski definition) is 7. The van der Waals surface area contributed by atoms with Crippen LogP contribution in [0.3, 0.4) is 0 Å². The van der Waals surface area contributed by atoms with Gasteiger partial charge in [-0.3, -0.25) is 19.3 Å². The maximum absolute atomic E-state index is 14.8. The Morgan fingerprint density at radius 2 is 1.34 bits per heavy atom. The molecule has 10 nitrogen and oxygen atoms in total. The molecule has 6 rings (SSSR count). The van der Waals surface area contributed by atoms with E-state index in [0.717, 1.165) is 60.8 Å². The number of amides is 3. The van der Waals surface area contributed by atoms with E-state index in [1.165, 1.54) is 11.1 Å². The molecule has 2 fully saturated rings. The van der Waals surface area contributed by atoms with Gasteiger partial charge >= 0.3 is 0 Å². The van der Waals surface area contributed by atoms with Gasteiger partial charge in [-0.15, -0.1) is 0 Å². The highest BCUT2D eigenvalue weighted by molar-refractivity contribution is 5.96. The number of hydrogen-bond donors (Lipinski definition) is 1. The fourth-order valence-corrected chi connectivity index (χ4v) is 7.78. The summed E-state index contributed by atoms with van der Waals surface area (Å²) in [4.78, 5) is 53.4. The third kappa shape index (κ3) is 11.4. The summed E-state index contributed by atoms with van der Waals surface area (Å²) in [6.07, 6.45) is 3.87. The van der Waals surface area contributed by atoms with Crippen LogP contribution < -0.4 is 9.80 Å². The number of carbonyl (C=O) groups excluding carboxylic acids is 3. The number of anilines is 2. The van der Waals surface area contributed by atoms with Crippen LogP contribution in [0.1, 0.15) is 54.5 Å². The average molecular weight is 785 g/mol. The van der Waals surface area contributed by atoms with E-state index in [1.807, 2.05) is 70.3 Å². The molecule has 1 unspecified atom stereocenters. The minimum absolute atomic E-state index is 0.0391. The van der Waals surface area contributed by atoms with Gasteiger partial charge in [0.1, 0.15) is 6.04 Å². The molecule has 4 aromatic carbocycles. The van der Waals surface area contributed by atoms with Crippen molar-refractivity contribution in [1.29, 1.82) is 0 Å². The molecule has 0 aromatic heterocycles. The van der Waals surface area contributed by atoms with Crippen molar-refractivity contribution in [3.8, 4) is 0 Å². The Morgan fingerprint density at radius 3 is 1.95 bits per heavy atom. The second kappa shape index (κ2) is 20.3. The van der Waals surface area contributed by atoms with E-state index in [0.29, 0.717) is 45.1 Å². The van der Waals surface area contributed by atoms with Crippen LogP contribution in [0, 0.1) is 0 Å². The minimum atomic E-state index is -0.711. The lowest BCUT2D eigenvalue weighted by molar-refractivity contribution is -0.145. The van der Waals surface area contributed by atoms with E-state index in [2.05, 4.69) is 84.3 Å². The number of rotatable bonds is 15. The molecule has 0 saturated carbocycles. The summed E-state index contributed by atoms with van der Waals surface area (Å²) in [6.45, 7) is 13.2. The molecule has 1 N–H and O–H groups in total. The number of aliphatic hydroxyl groups excluding tert-OH is 1. The van der Waals surface area contributed by atoms with Gasteiger partial charge in [0.05, 0.1) is 6.61 Å². The molecule has 1 atom stereocenters. The van der Waals surface area contributed by atoms with E-state index in [-0.39, 0.29) is 30.9 Å². The van der Waals surface area contributed by atoms with Gasteiger partial charge in [-0.05, 0) is 64.1 Å². The SMILES string of the molecule is CC(=O)N1CCN(c2ccc(CN(C(=O)C=Cc3ccc(C(C)C)cc3)C(Cc3ccccc3)C(=O)N3CCN(Cc4ccc(N(C)CCO)cc4)CC3)cc2)CC1. The van der Waals surface area contributed by atoms with Crippen LogP contribution in [-0.4, -0.2) is 121 Å². The van der Waals surface area contributed by atoms with Gasteiger partial charge in [0.15, 0.2) is 0 Å². The van der Waals surface area contributed by atoms with Gasteiger partial charge in [0, 0.05) is 110 Å². The predicted octanol–water partition coefficient (Wildman–Crippen LogP) is 5.90. The fraction of sp³-hybridized carbons (Fsp3) is 0.396. The van der Waals surface area contributed by atoms with E-state index in [1.54, 1.807) is 17.9 Å². The first-order valence-corrected chi connectivity index (χ1v) is 20.7. The van der Waals surface area contributed by atoms with Gasteiger partial charge in [0.25, 0.3) is 0 Å². The molecule has 0 spiro atoms. The maximum atomic E-state index is 14.8. The summed E-state index contributed by atoms with van der Waals surface area (Å²) in [5, 5.41) is 9.31. The van der Waals surface area contributed by atoms with E-state index < -0.39 is 6.04 Å². The molecule has 0 bridgehead atoms. The first-order valence-electron chi connectivity index (χ1n) is 20.7. The highest BCUT2D eigenvalue weighted by atomic mass is 16.3. The minimum Gasteiger partial charge on any atom is -0.395 e. The second-order valence-electron chi connectivity index (χ2n) is 15.9. The Balaban J connectivity index is 1.21. The lowest BCUT2D eigenvalue weighted by Crippen LogP contribution is -2.56. The Morgan fingerprint density at radius 1 is 0.724 bits per heavy atom. The average Bonchev–Trinajstić information content (AvgIpc) is 3.25. The molecule has 2 saturated heterocycles. The van der Waals surface area contributed by atoms with Crippen molar-refractivity contribution in [3.63, 3.8) is 0 Å². The van der Waals surface area contributed by atoms with Crippen LogP contribution in [0.25, 0.3) is 6.08 Å². The molecule has 4 aromatic rings. The van der Waals surface area contributed by atoms with Crippen LogP contribution in [0.2, 0.25) is 0 Å². The van der Waals surface area contributed by atoms with E-state index in [4.69, 9.17) is 0 Å². The second-order valence-corrected chi connectivity index (χ2v) is 15.9. The van der Waals surface area contributed by atoms with Crippen molar-refractivity contribution in [2.75, 3.05) is 82.4 Å². The number of nitrogens with zero attached hydrogens (tertiary/aromatic N) is 6. The number of piperazine rings is 2. The zero-order chi connectivity index (χ0) is 41.0. The third-order valence-electron chi connectivity index (χ3n) is 11.5. The molecule has 3 amide bonds. The number of likely N-dealkylation sites (N-methyl/N-ethyl adjacent to an activating group) is 1. The summed E-state index contributed by atoms with van der Waals surface area (Å²) in [5.74, 6) is 0.268. The largest absolute Gasteiger partial charge is 0.395 e. The Bertz CT molecular complexity index is 1950. The van der Waals surface area contributed by atoms with Crippen LogP contribution in [0.4, 0.5) is 11.4 Å². The molecule has 2 aliphatic rings. The van der Waals surface area contributed by atoms with Crippen molar-refractivity contribution >= 4 is 35.2 Å². The van der Waals surface area contributed by atoms with E-state index in [9.17, 15) is 19.5 Å². The zero-order valence-electron chi connectivity index (χ0n) is 34.7. The van der Waals surface area contributed by atoms with Crippen molar-refractivity contribution in [2.45, 2.75) is 52.2 Å². The predicted molar refractivity (Wildman–Crippen MR) is 234 cm³/mol. The summed E-state index contributed by atoms with van der Waals surface area (Å²) in [5.41, 5.74) is 7.46. The lowest BCUT2D eigenvalue weighted by atomic mass is 10.0. The molecular weight excluding hydrogens is 725 g/mol. The fourth-order valence-electron chi connectivity index (χ4n) is 7.78. The summed E-state index contributed by atoms with van der Waals surface area (Å²) in [6, 6.07) is 34.3. The molecule has 58 heavy (non-hydrogen) atoms. The van der Waals surface area contributed by atoms with Gasteiger partial charge in [0.2, 0.25) is 17.7 Å².